The number of carbonyl (C=O) groups is 2. The highest BCUT2D eigenvalue weighted by Crippen LogP contribution is 2.18. The largest absolute Gasteiger partial charge is 0.352 e. The summed E-state index contributed by atoms with van der Waals surface area (Å²) in [5.41, 5.74) is 5.35. The Hall–Kier alpha value is -3.40. The maximum absolute atomic E-state index is 13.7. The van der Waals surface area contributed by atoms with Crippen LogP contribution in [0.4, 0.5) is 0 Å². The molecule has 3 rings (SSSR count). The highest BCUT2D eigenvalue weighted by atomic mass is 16.2. The van der Waals surface area contributed by atoms with Crippen LogP contribution in [0.15, 0.2) is 78.9 Å². The number of aryl methyl sites for hydroxylation is 2. The second kappa shape index (κ2) is 11.5. The Labute approximate surface area is 197 Å². The Morgan fingerprint density at radius 2 is 1.39 bits per heavy atom. The molecule has 0 fully saturated rings. The van der Waals surface area contributed by atoms with Gasteiger partial charge < -0.3 is 10.2 Å². The summed E-state index contributed by atoms with van der Waals surface area (Å²) in [6, 6.07) is 25.3. The summed E-state index contributed by atoms with van der Waals surface area (Å²) in [5, 5.41) is 3.03. The van der Waals surface area contributed by atoms with Crippen molar-refractivity contribution in [1.29, 1.82) is 0 Å². The van der Waals surface area contributed by atoms with E-state index >= 15 is 0 Å². The van der Waals surface area contributed by atoms with Gasteiger partial charge in [-0.05, 0) is 55.5 Å². The Morgan fingerprint density at radius 1 is 0.788 bits per heavy atom. The molecule has 2 amide bonds. The number of hydrogen-bond acceptors (Lipinski definition) is 2. The van der Waals surface area contributed by atoms with Gasteiger partial charge in [-0.2, -0.15) is 0 Å². The van der Waals surface area contributed by atoms with Crippen molar-refractivity contribution in [2.45, 2.75) is 59.2 Å². The molecule has 33 heavy (non-hydrogen) atoms. The molecule has 0 spiro atoms. The zero-order valence-electron chi connectivity index (χ0n) is 20.0. The van der Waals surface area contributed by atoms with Gasteiger partial charge in [0.15, 0.2) is 0 Å². The molecule has 0 aliphatic carbocycles. The molecule has 0 unspecified atom stereocenters. The van der Waals surface area contributed by atoms with E-state index in [1.54, 1.807) is 4.90 Å². The molecular weight excluding hydrogens is 408 g/mol. The monoisotopic (exact) mass is 442 g/mol. The molecular formula is C29H34N2O2. The topological polar surface area (TPSA) is 49.4 Å². The normalized spacial score (nSPS) is 11.8. The van der Waals surface area contributed by atoms with Crippen molar-refractivity contribution >= 4 is 11.8 Å². The van der Waals surface area contributed by atoms with Gasteiger partial charge in [0.05, 0.1) is 6.42 Å². The fourth-order valence-electron chi connectivity index (χ4n) is 3.90. The van der Waals surface area contributed by atoms with Crippen LogP contribution in [0.5, 0.6) is 0 Å². The lowest BCUT2D eigenvalue weighted by Gasteiger charge is -2.32. The van der Waals surface area contributed by atoms with Gasteiger partial charge in [0.25, 0.3) is 0 Å². The standard InChI is InChI=1S/C29H34N2O2/c1-21(2)30-29(33)27(18-24-11-7-5-8-12-24)31(20-25-13-9-6-10-14-25)28(32)19-26-16-15-22(3)23(4)17-26/h5-17,21,27H,18-20H2,1-4H3,(H,30,33)/t27-/m1/s1. The van der Waals surface area contributed by atoms with Crippen molar-refractivity contribution in [2.75, 3.05) is 0 Å². The minimum Gasteiger partial charge on any atom is -0.352 e. The van der Waals surface area contributed by atoms with E-state index in [2.05, 4.69) is 25.2 Å². The average molecular weight is 443 g/mol. The van der Waals surface area contributed by atoms with Gasteiger partial charge in [-0.15, -0.1) is 0 Å². The molecule has 3 aromatic carbocycles. The van der Waals surface area contributed by atoms with Gasteiger partial charge in [-0.1, -0.05) is 78.9 Å². The molecule has 0 aliphatic heterocycles. The summed E-state index contributed by atoms with van der Waals surface area (Å²) in [6.07, 6.45) is 0.721. The summed E-state index contributed by atoms with van der Waals surface area (Å²) in [6.45, 7) is 8.38. The summed E-state index contributed by atoms with van der Waals surface area (Å²) >= 11 is 0. The number of amides is 2. The first-order valence-corrected chi connectivity index (χ1v) is 11.6. The van der Waals surface area contributed by atoms with Crippen molar-refractivity contribution in [3.8, 4) is 0 Å². The third-order valence-corrected chi connectivity index (χ3v) is 5.82. The van der Waals surface area contributed by atoms with E-state index < -0.39 is 6.04 Å². The first-order valence-electron chi connectivity index (χ1n) is 11.6. The Morgan fingerprint density at radius 3 is 1.97 bits per heavy atom. The molecule has 0 aromatic heterocycles. The lowest BCUT2D eigenvalue weighted by atomic mass is 10.00. The highest BCUT2D eigenvalue weighted by Gasteiger charge is 2.30. The van der Waals surface area contributed by atoms with Crippen molar-refractivity contribution in [2.24, 2.45) is 0 Å². The van der Waals surface area contributed by atoms with E-state index in [0.29, 0.717) is 13.0 Å². The molecule has 0 heterocycles. The lowest BCUT2D eigenvalue weighted by molar-refractivity contribution is -0.141. The molecule has 4 nitrogen and oxygen atoms in total. The van der Waals surface area contributed by atoms with Gasteiger partial charge in [0.2, 0.25) is 11.8 Å². The van der Waals surface area contributed by atoms with Gasteiger partial charge >= 0.3 is 0 Å². The van der Waals surface area contributed by atoms with Gasteiger partial charge in [-0.25, -0.2) is 0 Å². The van der Waals surface area contributed by atoms with Crippen LogP contribution in [0.2, 0.25) is 0 Å². The van der Waals surface area contributed by atoms with E-state index in [1.807, 2.05) is 86.6 Å². The third kappa shape index (κ3) is 7.04. The maximum Gasteiger partial charge on any atom is 0.243 e. The molecule has 0 bridgehead atoms. The average Bonchev–Trinajstić information content (AvgIpc) is 2.79. The van der Waals surface area contributed by atoms with Crippen LogP contribution in [0, 0.1) is 13.8 Å². The molecule has 1 atom stereocenters. The second-order valence-corrected chi connectivity index (χ2v) is 8.97. The Balaban J connectivity index is 1.95. The van der Waals surface area contributed by atoms with E-state index in [9.17, 15) is 9.59 Å². The fraction of sp³-hybridized carbons (Fsp3) is 0.310. The third-order valence-electron chi connectivity index (χ3n) is 5.82. The summed E-state index contributed by atoms with van der Waals surface area (Å²) in [7, 11) is 0. The molecule has 0 saturated carbocycles. The highest BCUT2D eigenvalue weighted by molar-refractivity contribution is 5.89. The smallest absolute Gasteiger partial charge is 0.243 e. The van der Waals surface area contributed by atoms with Crippen molar-refractivity contribution < 1.29 is 9.59 Å². The predicted molar refractivity (Wildman–Crippen MR) is 134 cm³/mol. The van der Waals surface area contributed by atoms with Crippen LogP contribution in [0.25, 0.3) is 0 Å². The fourth-order valence-corrected chi connectivity index (χ4v) is 3.90. The number of nitrogens with one attached hydrogen (secondary N) is 1. The molecule has 1 N–H and O–H groups in total. The number of nitrogens with zero attached hydrogens (tertiary/aromatic N) is 1. The van der Waals surface area contributed by atoms with E-state index in [1.165, 1.54) is 5.56 Å². The molecule has 0 radical (unpaired) electrons. The SMILES string of the molecule is Cc1ccc(CC(=O)N(Cc2ccccc2)[C@H](Cc2ccccc2)C(=O)NC(C)C)cc1C. The van der Waals surface area contributed by atoms with Gasteiger partial charge in [0, 0.05) is 19.0 Å². The summed E-state index contributed by atoms with van der Waals surface area (Å²) < 4.78 is 0. The molecule has 0 aliphatic rings. The number of rotatable bonds is 9. The van der Waals surface area contributed by atoms with E-state index in [-0.39, 0.29) is 24.3 Å². The molecule has 3 aromatic rings. The first kappa shape index (κ1) is 24.2. The predicted octanol–water partition coefficient (Wildman–Crippen LogP) is 5.01. The van der Waals surface area contributed by atoms with Crippen LogP contribution in [-0.2, 0) is 29.0 Å². The van der Waals surface area contributed by atoms with Gasteiger partial charge in [-0.3, -0.25) is 9.59 Å². The number of benzene rings is 3. The number of hydrogen-bond donors (Lipinski definition) is 1. The molecule has 0 saturated heterocycles. The minimum absolute atomic E-state index is 0.0100. The van der Waals surface area contributed by atoms with Crippen molar-refractivity contribution in [3.63, 3.8) is 0 Å². The summed E-state index contributed by atoms with van der Waals surface area (Å²) in [4.78, 5) is 28.8. The first-order chi connectivity index (χ1) is 15.8. The second-order valence-electron chi connectivity index (χ2n) is 8.97. The summed E-state index contributed by atoms with van der Waals surface area (Å²) in [5.74, 6) is -0.180. The van der Waals surface area contributed by atoms with E-state index in [4.69, 9.17) is 0 Å². The van der Waals surface area contributed by atoms with E-state index in [0.717, 1.165) is 22.3 Å². The van der Waals surface area contributed by atoms with Crippen LogP contribution in [0.1, 0.15) is 41.7 Å². The van der Waals surface area contributed by atoms with Crippen LogP contribution in [0.3, 0.4) is 0 Å². The lowest BCUT2D eigenvalue weighted by Crippen LogP contribution is -2.52. The Bertz CT molecular complexity index is 1060. The molecule has 172 valence electrons. The zero-order valence-corrected chi connectivity index (χ0v) is 20.0. The maximum atomic E-state index is 13.7. The Kier molecular flexibility index (Phi) is 8.42. The van der Waals surface area contributed by atoms with Crippen LogP contribution >= 0.6 is 0 Å². The zero-order chi connectivity index (χ0) is 23.8. The van der Waals surface area contributed by atoms with Crippen molar-refractivity contribution in [3.05, 3.63) is 107 Å². The number of carbonyl (C=O) groups excluding carboxylic acids is 2. The van der Waals surface area contributed by atoms with Crippen molar-refractivity contribution in [1.82, 2.24) is 10.2 Å². The van der Waals surface area contributed by atoms with Crippen LogP contribution < -0.4 is 5.32 Å². The quantitative estimate of drug-likeness (QED) is 0.506. The minimum atomic E-state index is -0.603. The van der Waals surface area contributed by atoms with Gasteiger partial charge in [0.1, 0.15) is 6.04 Å². The molecule has 4 heteroatoms. The van der Waals surface area contributed by atoms with Crippen LogP contribution in [-0.4, -0.2) is 28.8 Å².